The van der Waals surface area contributed by atoms with E-state index in [2.05, 4.69) is 10.3 Å². The normalized spacial score (nSPS) is 10.5. The molecule has 0 unspecified atom stereocenters. The smallest absolute Gasteiger partial charge is 0.321 e. The van der Waals surface area contributed by atoms with E-state index in [1.807, 2.05) is 32.9 Å². The van der Waals surface area contributed by atoms with Crippen molar-refractivity contribution in [3.8, 4) is 0 Å². The summed E-state index contributed by atoms with van der Waals surface area (Å²) in [5.74, 6) is -0.540. The van der Waals surface area contributed by atoms with E-state index < -0.39 is 17.2 Å². The van der Waals surface area contributed by atoms with Crippen molar-refractivity contribution in [3.63, 3.8) is 0 Å². The molecule has 0 atom stereocenters. The Labute approximate surface area is 121 Å². The van der Waals surface area contributed by atoms with Crippen molar-refractivity contribution in [3.05, 3.63) is 61.4 Å². The zero-order valence-electron chi connectivity index (χ0n) is 12.4. The molecule has 0 spiro atoms. The number of aryl methyl sites for hydroxylation is 3. The molecule has 1 aromatic heterocycles. The lowest BCUT2D eigenvalue weighted by atomic mass is 10.0. The lowest BCUT2D eigenvalue weighted by Gasteiger charge is -2.12. The third-order valence-electron chi connectivity index (χ3n) is 3.34. The summed E-state index contributed by atoms with van der Waals surface area (Å²) in [4.78, 5) is 37.8. The van der Waals surface area contributed by atoms with Crippen LogP contribution >= 0.6 is 0 Å². The summed E-state index contributed by atoms with van der Waals surface area (Å²) in [7, 11) is 1.32. The van der Waals surface area contributed by atoms with E-state index in [1.165, 1.54) is 7.05 Å². The van der Waals surface area contributed by atoms with Crippen molar-refractivity contribution < 1.29 is 4.79 Å². The maximum atomic E-state index is 12.2. The van der Waals surface area contributed by atoms with Gasteiger partial charge in [0.1, 0.15) is 5.56 Å². The molecule has 0 saturated carbocycles. The number of hydrogen-bond acceptors (Lipinski definition) is 3. The van der Waals surface area contributed by atoms with Crippen LogP contribution in [-0.4, -0.2) is 15.5 Å². The van der Waals surface area contributed by atoms with Gasteiger partial charge < -0.3 is 10.3 Å². The first-order valence-corrected chi connectivity index (χ1v) is 6.49. The Kier molecular flexibility index (Phi) is 3.80. The Morgan fingerprint density at radius 1 is 1.14 bits per heavy atom. The number of hydrogen-bond donors (Lipinski definition) is 2. The largest absolute Gasteiger partial charge is 0.328 e. The maximum absolute atomic E-state index is 12.2. The maximum Gasteiger partial charge on any atom is 0.328 e. The summed E-state index contributed by atoms with van der Waals surface area (Å²) in [5, 5.41) is 2.74. The predicted octanol–water partition coefficient (Wildman–Crippen LogP) is 1.25. The van der Waals surface area contributed by atoms with Crippen molar-refractivity contribution in [2.24, 2.45) is 7.05 Å². The number of nitrogens with zero attached hydrogens (tertiary/aromatic N) is 1. The second-order valence-corrected chi connectivity index (χ2v) is 5.10. The van der Waals surface area contributed by atoms with E-state index in [-0.39, 0.29) is 5.56 Å². The van der Waals surface area contributed by atoms with Crippen LogP contribution < -0.4 is 16.6 Å². The lowest BCUT2D eigenvalue weighted by Crippen LogP contribution is -2.37. The van der Waals surface area contributed by atoms with Crippen LogP contribution in [0.5, 0.6) is 0 Å². The lowest BCUT2D eigenvalue weighted by molar-refractivity contribution is 0.102. The average molecular weight is 287 g/mol. The molecule has 0 aliphatic carbocycles. The van der Waals surface area contributed by atoms with Crippen LogP contribution in [0.4, 0.5) is 5.69 Å². The summed E-state index contributed by atoms with van der Waals surface area (Å²) in [5.41, 5.74) is 2.33. The van der Waals surface area contributed by atoms with Gasteiger partial charge in [-0.05, 0) is 31.9 Å². The van der Waals surface area contributed by atoms with Crippen LogP contribution in [0.15, 0.2) is 27.9 Å². The van der Waals surface area contributed by atoms with Gasteiger partial charge in [-0.25, -0.2) is 4.79 Å². The van der Waals surface area contributed by atoms with Crippen LogP contribution in [0.2, 0.25) is 0 Å². The van der Waals surface area contributed by atoms with Gasteiger partial charge in [0.15, 0.2) is 0 Å². The van der Waals surface area contributed by atoms with Crippen LogP contribution in [0.1, 0.15) is 27.0 Å². The van der Waals surface area contributed by atoms with Crippen LogP contribution in [0.25, 0.3) is 0 Å². The van der Waals surface area contributed by atoms with Gasteiger partial charge in [0.05, 0.1) is 0 Å². The van der Waals surface area contributed by atoms with Crippen LogP contribution in [0, 0.1) is 20.8 Å². The van der Waals surface area contributed by atoms with Crippen LogP contribution in [0.3, 0.4) is 0 Å². The fraction of sp³-hybridized carbons (Fsp3) is 0.267. The standard InChI is InChI=1S/C15H17N3O3/c1-8-5-9(2)12(10(3)6-8)17-13(19)11-7-16-15(21)18(4)14(11)20/h5-7H,1-4H3,(H,16,21)(H,17,19). The van der Waals surface area contributed by atoms with Crippen molar-refractivity contribution in [2.75, 3.05) is 5.32 Å². The minimum atomic E-state index is -0.626. The Morgan fingerprint density at radius 3 is 2.29 bits per heavy atom. The van der Waals surface area contributed by atoms with Crippen molar-refractivity contribution in [1.29, 1.82) is 0 Å². The molecule has 0 saturated heterocycles. The van der Waals surface area contributed by atoms with Gasteiger partial charge in [-0.2, -0.15) is 0 Å². The number of rotatable bonds is 2. The summed E-state index contributed by atoms with van der Waals surface area (Å²) in [6.45, 7) is 5.75. The van der Waals surface area contributed by atoms with Gasteiger partial charge in [0.2, 0.25) is 0 Å². The SMILES string of the molecule is Cc1cc(C)c(NC(=O)c2c[nH]c(=O)n(C)c2=O)c(C)c1. The number of aromatic nitrogens is 2. The summed E-state index contributed by atoms with van der Waals surface area (Å²) >= 11 is 0. The molecule has 0 aliphatic rings. The highest BCUT2D eigenvalue weighted by atomic mass is 16.2. The van der Waals surface area contributed by atoms with Gasteiger partial charge in [-0.15, -0.1) is 0 Å². The van der Waals surface area contributed by atoms with Gasteiger partial charge in [0, 0.05) is 18.9 Å². The molecule has 21 heavy (non-hydrogen) atoms. The van der Waals surface area contributed by atoms with E-state index in [0.29, 0.717) is 5.69 Å². The fourth-order valence-corrected chi connectivity index (χ4v) is 2.29. The van der Waals surface area contributed by atoms with Crippen molar-refractivity contribution >= 4 is 11.6 Å². The van der Waals surface area contributed by atoms with Gasteiger partial charge >= 0.3 is 5.69 Å². The topological polar surface area (TPSA) is 84.0 Å². The molecule has 1 heterocycles. The molecule has 0 bridgehead atoms. The Balaban J connectivity index is 2.42. The number of H-pyrrole nitrogens is 1. The third kappa shape index (κ3) is 2.79. The van der Waals surface area contributed by atoms with E-state index in [0.717, 1.165) is 27.5 Å². The van der Waals surface area contributed by atoms with E-state index in [1.54, 1.807) is 0 Å². The number of anilines is 1. The molecule has 6 nitrogen and oxygen atoms in total. The number of aromatic amines is 1. The van der Waals surface area contributed by atoms with E-state index >= 15 is 0 Å². The molecule has 6 heteroatoms. The Hall–Kier alpha value is -2.63. The monoisotopic (exact) mass is 287 g/mol. The van der Waals surface area contributed by atoms with Crippen LogP contribution in [-0.2, 0) is 7.05 Å². The molecule has 2 aromatic rings. The van der Waals surface area contributed by atoms with Gasteiger partial charge in [-0.1, -0.05) is 17.7 Å². The van der Waals surface area contributed by atoms with Gasteiger partial charge in [0.25, 0.3) is 11.5 Å². The molecule has 0 radical (unpaired) electrons. The second kappa shape index (κ2) is 5.40. The molecule has 2 rings (SSSR count). The first-order valence-electron chi connectivity index (χ1n) is 6.49. The quantitative estimate of drug-likeness (QED) is 0.872. The minimum Gasteiger partial charge on any atom is -0.321 e. The van der Waals surface area contributed by atoms with E-state index in [9.17, 15) is 14.4 Å². The molecule has 1 amide bonds. The zero-order chi connectivity index (χ0) is 15.7. The second-order valence-electron chi connectivity index (χ2n) is 5.10. The van der Waals surface area contributed by atoms with Crippen molar-refractivity contribution in [2.45, 2.75) is 20.8 Å². The zero-order valence-corrected chi connectivity index (χ0v) is 12.4. The third-order valence-corrected chi connectivity index (χ3v) is 3.34. The predicted molar refractivity (Wildman–Crippen MR) is 80.9 cm³/mol. The number of carbonyl (C=O) groups is 1. The molecule has 0 aliphatic heterocycles. The molecule has 2 N–H and O–H groups in total. The number of carbonyl (C=O) groups excluding carboxylic acids is 1. The van der Waals surface area contributed by atoms with Gasteiger partial charge in [-0.3, -0.25) is 14.2 Å². The molecular weight excluding hydrogens is 270 g/mol. The van der Waals surface area contributed by atoms with E-state index in [4.69, 9.17) is 0 Å². The summed E-state index contributed by atoms with van der Waals surface area (Å²) < 4.78 is 0.865. The first-order chi connectivity index (χ1) is 9.81. The number of nitrogens with one attached hydrogen (secondary N) is 2. The molecule has 0 fully saturated rings. The molecule has 110 valence electrons. The Morgan fingerprint density at radius 2 is 1.71 bits per heavy atom. The average Bonchev–Trinajstić information content (AvgIpc) is 2.40. The number of benzene rings is 1. The number of amides is 1. The highest BCUT2D eigenvalue weighted by Gasteiger charge is 2.15. The highest BCUT2D eigenvalue weighted by Crippen LogP contribution is 2.22. The Bertz CT molecular complexity index is 808. The molecular formula is C15H17N3O3. The first kappa shape index (κ1) is 14.8. The minimum absolute atomic E-state index is 0.100. The summed E-state index contributed by atoms with van der Waals surface area (Å²) in [6.07, 6.45) is 1.14. The molecule has 1 aromatic carbocycles. The highest BCUT2D eigenvalue weighted by molar-refractivity contribution is 6.04. The van der Waals surface area contributed by atoms with Crippen molar-refractivity contribution in [1.82, 2.24) is 9.55 Å². The fourth-order valence-electron chi connectivity index (χ4n) is 2.29. The summed E-state index contributed by atoms with van der Waals surface area (Å²) in [6, 6.07) is 3.90.